The third-order valence-corrected chi connectivity index (χ3v) is 10.9. The van der Waals surface area contributed by atoms with Gasteiger partial charge in [0.05, 0.1) is 0 Å². The van der Waals surface area contributed by atoms with Gasteiger partial charge in [-0.3, -0.25) is 14.5 Å². The van der Waals surface area contributed by atoms with Crippen molar-refractivity contribution < 1.29 is 33.5 Å². The molecule has 1 fully saturated rings. The number of nitrogens with one attached hydrogen (secondary N) is 1. The van der Waals surface area contributed by atoms with Gasteiger partial charge in [0, 0.05) is 11.1 Å². The number of thioether (sulfide) groups is 1. The number of benzene rings is 4. The first-order chi connectivity index (χ1) is 27.3. The van der Waals surface area contributed by atoms with Gasteiger partial charge in [-0.25, -0.2) is 14.6 Å². The summed E-state index contributed by atoms with van der Waals surface area (Å²) >= 11 is 2.43. The van der Waals surface area contributed by atoms with Crippen LogP contribution in [0.15, 0.2) is 156 Å². The highest BCUT2D eigenvalue weighted by Gasteiger charge is 2.54. The number of nitrogen functional groups attached to an aromatic ring is 1. The Kier molecular flexibility index (Phi) is 11.7. The molecule has 3 heterocycles. The quantitative estimate of drug-likeness (QED) is 0.0596. The molecule has 1 unspecified atom stereocenters. The predicted molar refractivity (Wildman–Crippen MR) is 213 cm³/mol. The minimum absolute atomic E-state index is 0.0587. The molecule has 2 aliphatic rings. The number of hydrogen-bond acceptors (Lipinski definition) is 12. The summed E-state index contributed by atoms with van der Waals surface area (Å²) in [5.41, 5.74) is 9.25. The average molecular weight is 786 g/mol. The van der Waals surface area contributed by atoms with Gasteiger partial charge in [-0.15, -0.1) is 23.1 Å². The molecule has 7 rings (SSSR count). The fourth-order valence-electron chi connectivity index (χ4n) is 6.25. The number of nitrogens with zero attached hydrogens (tertiary/aromatic N) is 3. The number of amides is 2. The lowest BCUT2D eigenvalue weighted by molar-refractivity contribution is -0.154. The van der Waals surface area contributed by atoms with E-state index in [-0.39, 0.29) is 22.2 Å². The summed E-state index contributed by atoms with van der Waals surface area (Å²) in [6.07, 6.45) is 0.0767. The number of hydrogen-bond donors (Lipinski definition) is 2. The van der Waals surface area contributed by atoms with Crippen LogP contribution in [0.4, 0.5) is 5.13 Å². The number of allylic oxidation sites excluding steroid dienone is 1. The first kappa shape index (κ1) is 37.8. The van der Waals surface area contributed by atoms with Crippen molar-refractivity contribution in [2.24, 2.45) is 5.16 Å². The summed E-state index contributed by atoms with van der Waals surface area (Å²) in [5, 5.41) is 7.70. The number of β-lactam (4-membered cyclic amide) rings is 1. The molecule has 12 nitrogen and oxygen atoms in total. The van der Waals surface area contributed by atoms with Crippen LogP contribution in [0.5, 0.6) is 0 Å². The summed E-state index contributed by atoms with van der Waals surface area (Å²) in [7, 11) is 0. The highest BCUT2D eigenvalue weighted by Crippen LogP contribution is 2.42. The van der Waals surface area contributed by atoms with Crippen LogP contribution in [0.25, 0.3) is 0 Å². The van der Waals surface area contributed by atoms with Crippen LogP contribution < -0.4 is 11.1 Å². The topological polar surface area (TPSA) is 163 Å². The van der Waals surface area contributed by atoms with E-state index in [1.54, 1.807) is 0 Å². The monoisotopic (exact) mass is 785 g/mol. The lowest BCUT2D eigenvalue weighted by Gasteiger charge is -2.49. The SMILES string of the molecule is C=CC1=C(C(=O)OC(c2ccccc2)c2ccccc2)N2C(=O)C(NC(=O)C(=NOCC(=O)OC(c3ccccc3)c3ccccc3)c3csc(N)n3)[C@@H]2SC1. The van der Waals surface area contributed by atoms with Gasteiger partial charge in [0.25, 0.3) is 11.8 Å². The van der Waals surface area contributed by atoms with Gasteiger partial charge in [-0.2, -0.15) is 0 Å². The van der Waals surface area contributed by atoms with Gasteiger partial charge >= 0.3 is 11.9 Å². The molecule has 14 heteroatoms. The molecule has 0 saturated carbocycles. The van der Waals surface area contributed by atoms with Crippen LogP contribution in [0.1, 0.15) is 40.2 Å². The number of esters is 2. The fraction of sp³-hybridized carbons (Fsp3) is 0.143. The molecule has 4 aromatic carbocycles. The van der Waals surface area contributed by atoms with E-state index in [9.17, 15) is 19.2 Å². The van der Waals surface area contributed by atoms with Crippen LogP contribution in [-0.2, 0) is 33.5 Å². The predicted octanol–water partition coefficient (Wildman–Crippen LogP) is 5.95. The van der Waals surface area contributed by atoms with E-state index in [1.807, 2.05) is 121 Å². The van der Waals surface area contributed by atoms with E-state index in [2.05, 4.69) is 22.0 Å². The van der Waals surface area contributed by atoms with Crippen molar-refractivity contribution >= 4 is 57.7 Å². The van der Waals surface area contributed by atoms with Crippen LogP contribution in [0, 0.1) is 0 Å². The molecule has 0 spiro atoms. The minimum Gasteiger partial charge on any atom is -0.450 e. The highest BCUT2D eigenvalue weighted by molar-refractivity contribution is 8.00. The zero-order valence-electron chi connectivity index (χ0n) is 29.7. The molecule has 1 aromatic heterocycles. The highest BCUT2D eigenvalue weighted by atomic mass is 32.2. The molecule has 282 valence electrons. The molecule has 2 atom stereocenters. The number of nitrogens with two attached hydrogens (primary N) is 1. The largest absolute Gasteiger partial charge is 0.450 e. The summed E-state index contributed by atoms with van der Waals surface area (Å²) < 4.78 is 11.9. The molecule has 2 aliphatic heterocycles. The van der Waals surface area contributed by atoms with Crippen molar-refractivity contribution in [1.82, 2.24) is 15.2 Å². The van der Waals surface area contributed by atoms with Crippen molar-refractivity contribution in [3.63, 3.8) is 0 Å². The molecule has 0 bridgehead atoms. The standard InChI is InChI=1S/C42H35N5O7S2/c1-2-26-24-55-40-34(39(50)47(40)35(26)41(51)54-37(29-19-11-5-12-20-29)30-21-13-6-14-22-30)45-38(49)33(31-25-56-42(43)44-31)46-52-23-32(48)53-36(27-15-7-3-8-16-27)28-17-9-4-10-18-28/h2-22,25,34,36-37,40H,1,23-24H2,(H2,43,44)(H,45,49)/t34?,40-/m0/s1. The van der Waals surface area contributed by atoms with Gasteiger partial charge in [-0.05, 0) is 27.8 Å². The molecule has 0 radical (unpaired) electrons. The second-order valence-corrected chi connectivity index (χ2v) is 14.5. The van der Waals surface area contributed by atoms with Gasteiger partial charge in [-0.1, -0.05) is 139 Å². The van der Waals surface area contributed by atoms with Crippen molar-refractivity contribution in [2.75, 3.05) is 18.1 Å². The summed E-state index contributed by atoms with van der Waals surface area (Å²) in [4.78, 5) is 65.4. The maximum Gasteiger partial charge on any atom is 0.356 e. The number of anilines is 1. The van der Waals surface area contributed by atoms with Crippen LogP contribution in [-0.4, -0.2) is 63.1 Å². The maximum atomic E-state index is 14.0. The number of fused-ring (bicyclic) bond motifs is 1. The lowest BCUT2D eigenvalue weighted by atomic mass is 10.0. The van der Waals surface area contributed by atoms with E-state index in [1.165, 1.54) is 28.1 Å². The van der Waals surface area contributed by atoms with Gasteiger partial charge in [0.2, 0.25) is 6.61 Å². The zero-order valence-corrected chi connectivity index (χ0v) is 31.4. The number of aromatic nitrogens is 1. The van der Waals surface area contributed by atoms with Crippen molar-refractivity contribution in [2.45, 2.75) is 23.6 Å². The Hall–Kier alpha value is -6.51. The Morgan fingerprint density at radius 1 is 0.857 bits per heavy atom. The van der Waals surface area contributed by atoms with E-state index in [0.29, 0.717) is 11.3 Å². The van der Waals surface area contributed by atoms with Crippen LogP contribution >= 0.6 is 23.1 Å². The van der Waals surface area contributed by atoms with Crippen LogP contribution in [0.2, 0.25) is 0 Å². The second kappa shape index (κ2) is 17.3. The maximum absolute atomic E-state index is 14.0. The average Bonchev–Trinajstić information content (AvgIpc) is 3.68. The number of thiazole rings is 1. The number of carbonyl (C=O) groups is 4. The van der Waals surface area contributed by atoms with Crippen molar-refractivity contribution in [3.8, 4) is 0 Å². The molecule has 2 amide bonds. The Balaban J connectivity index is 1.05. The molecular formula is C42H35N5O7S2. The third-order valence-electron chi connectivity index (χ3n) is 8.93. The summed E-state index contributed by atoms with van der Waals surface area (Å²) in [6, 6.07) is 36.1. The van der Waals surface area contributed by atoms with E-state index < -0.39 is 54.0 Å². The fourth-order valence-corrected chi connectivity index (χ4v) is 8.13. The molecule has 3 N–H and O–H groups in total. The molecule has 1 saturated heterocycles. The normalized spacial score (nSPS) is 16.5. The van der Waals surface area contributed by atoms with E-state index >= 15 is 0 Å². The van der Waals surface area contributed by atoms with Crippen molar-refractivity contribution in [3.05, 3.63) is 179 Å². The summed E-state index contributed by atoms with van der Waals surface area (Å²) in [6.45, 7) is 3.24. The number of carbonyl (C=O) groups excluding carboxylic acids is 4. The van der Waals surface area contributed by atoms with Gasteiger partial charge in [0.1, 0.15) is 22.8 Å². The Labute approximate surface area is 330 Å². The molecule has 56 heavy (non-hydrogen) atoms. The number of ether oxygens (including phenoxy) is 2. The molecular weight excluding hydrogens is 751 g/mol. The smallest absolute Gasteiger partial charge is 0.356 e. The molecule has 0 aliphatic carbocycles. The Morgan fingerprint density at radius 3 is 1.86 bits per heavy atom. The third kappa shape index (κ3) is 8.26. The van der Waals surface area contributed by atoms with E-state index in [0.717, 1.165) is 33.6 Å². The first-order valence-corrected chi connectivity index (χ1v) is 19.4. The first-order valence-electron chi connectivity index (χ1n) is 17.4. The summed E-state index contributed by atoms with van der Waals surface area (Å²) in [5.74, 6) is -2.45. The Bertz CT molecular complexity index is 2210. The van der Waals surface area contributed by atoms with Crippen molar-refractivity contribution in [1.29, 1.82) is 0 Å². The second-order valence-electron chi connectivity index (χ2n) is 12.5. The van der Waals surface area contributed by atoms with Gasteiger partial charge in [0.15, 0.2) is 23.1 Å². The molecule has 5 aromatic rings. The Morgan fingerprint density at radius 2 is 1.38 bits per heavy atom. The van der Waals surface area contributed by atoms with Crippen LogP contribution in [0.3, 0.4) is 0 Å². The van der Waals surface area contributed by atoms with Gasteiger partial charge < -0.3 is 25.4 Å². The lowest BCUT2D eigenvalue weighted by Crippen LogP contribution is -2.71. The number of oxime groups is 1. The zero-order chi connectivity index (χ0) is 39.0. The van der Waals surface area contributed by atoms with E-state index in [4.69, 9.17) is 20.0 Å². The number of rotatable bonds is 14. The minimum atomic E-state index is -1.04.